The number of carbonyl (C=O) groups is 1. The fourth-order valence-corrected chi connectivity index (χ4v) is 1.85. The molecule has 3 nitrogen and oxygen atoms in total. The second kappa shape index (κ2) is 5.77. The molecule has 1 amide bonds. The Morgan fingerprint density at radius 3 is 2.76 bits per heavy atom. The highest BCUT2D eigenvalue weighted by atomic mass is 19.1. The van der Waals surface area contributed by atoms with Crippen LogP contribution in [-0.4, -0.2) is 18.6 Å². The largest absolute Gasteiger partial charge is 0.368 e. The fraction of sp³-hybridized carbons (Fsp3) is 0.462. The molecule has 0 aliphatic carbocycles. The van der Waals surface area contributed by atoms with Gasteiger partial charge in [-0.25, -0.2) is 4.39 Å². The van der Waals surface area contributed by atoms with Gasteiger partial charge in [-0.2, -0.15) is 0 Å². The first-order chi connectivity index (χ1) is 8.25. The molecule has 1 N–H and O–H groups in total. The Balaban J connectivity index is 1.81. The fourth-order valence-electron chi connectivity index (χ4n) is 1.85. The van der Waals surface area contributed by atoms with Crippen molar-refractivity contribution in [3.63, 3.8) is 0 Å². The van der Waals surface area contributed by atoms with Gasteiger partial charge in [-0.15, -0.1) is 0 Å². The lowest BCUT2D eigenvalue weighted by Gasteiger charge is -2.21. The van der Waals surface area contributed by atoms with Gasteiger partial charge < -0.3 is 10.1 Å². The molecule has 1 aliphatic rings. The minimum absolute atomic E-state index is 0.0750. The van der Waals surface area contributed by atoms with Crippen LogP contribution in [0.2, 0.25) is 0 Å². The van der Waals surface area contributed by atoms with Gasteiger partial charge in [-0.3, -0.25) is 4.79 Å². The first-order valence-corrected chi connectivity index (χ1v) is 5.89. The SMILES string of the molecule is O=C(NCc1ccc(F)cc1)C1CCCCO1. The number of rotatable bonds is 3. The average molecular weight is 237 g/mol. The van der Waals surface area contributed by atoms with Crippen LogP contribution in [0.5, 0.6) is 0 Å². The first kappa shape index (κ1) is 12.0. The second-order valence-electron chi connectivity index (χ2n) is 4.20. The lowest BCUT2D eigenvalue weighted by molar-refractivity contribution is -0.135. The van der Waals surface area contributed by atoms with Crippen molar-refractivity contribution in [1.82, 2.24) is 5.32 Å². The molecule has 1 aromatic carbocycles. The van der Waals surface area contributed by atoms with Crippen molar-refractivity contribution in [3.8, 4) is 0 Å². The van der Waals surface area contributed by atoms with Crippen LogP contribution in [0.15, 0.2) is 24.3 Å². The number of ether oxygens (including phenoxy) is 1. The van der Waals surface area contributed by atoms with Gasteiger partial charge in [0, 0.05) is 13.2 Å². The van der Waals surface area contributed by atoms with Gasteiger partial charge in [0.25, 0.3) is 0 Å². The van der Waals surface area contributed by atoms with Crippen LogP contribution in [0, 0.1) is 5.82 Å². The van der Waals surface area contributed by atoms with E-state index < -0.39 is 0 Å². The summed E-state index contributed by atoms with van der Waals surface area (Å²) in [5.74, 6) is -0.343. The predicted octanol–water partition coefficient (Wildman–Crippen LogP) is 2.01. The van der Waals surface area contributed by atoms with Crippen molar-refractivity contribution in [1.29, 1.82) is 0 Å². The third-order valence-electron chi connectivity index (χ3n) is 2.85. The number of hydrogen-bond donors (Lipinski definition) is 1. The first-order valence-electron chi connectivity index (χ1n) is 5.89. The van der Waals surface area contributed by atoms with E-state index in [4.69, 9.17) is 4.74 Å². The minimum Gasteiger partial charge on any atom is -0.368 e. The van der Waals surface area contributed by atoms with E-state index >= 15 is 0 Å². The van der Waals surface area contributed by atoms with Gasteiger partial charge in [-0.1, -0.05) is 12.1 Å². The van der Waals surface area contributed by atoms with E-state index in [2.05, 4.69) is 5.32 Å². The molecule has 1 unspecified atom stereocenters. The van der Waals surface area contributed by atoms with Crippen LogP contribution in [0.3, 0.4) is 0 Å². The smallest absolute Gasteiger partial charge is 0.249 e. The molecule has 1 atom stereocenters. The van der Waals surface area contributed by atoms with Crippen LogP contribution < -0.4 is 5.32 Å². The zero-order valence-corrected chi connectivity index (χ0v) is 9.62. The number of carbonyl (C=O) groups excluding carboxylic acids is 1. The van der Waals surface area contributed by atoms with E-state index in [0.717, 1.165) is 24.8 Å². The van der Waals surface area contributed by atoms with Gasteiger partial charge >= 0.3 is 0 Å². The summed E-state index contributed by atoms with van der Waals surface area (Å²) in [5.41, 5.74) is 0.885. The van der Waals surface area contributed by atoms with Gasteiger partial charge in [-0.05, 0) is 37.0 Å². The van der Waals surface area contributed by atoms with Gasteiger partial charge in [0.1, 0.15) is 11.9 Å². The summed E-state index contributed by atoms with van der Waals surface area (Å²) in [6.45, 7) is 1.08. The lowest BCUT2D eigenvalue weighted by atomic mass is 10.1. The van der Waals surface area contributed by atoms with Crippen molar-refractivity contribution >= 4 is 5.91 Å². The molecule has 1 aliphatic heterocycles. The molecule has 0 saturated carbocycles. The monoisotopic (exact) mass is 237 g/mol. The van der Waals surface area contributed by atoms with E-state index in [9.17, 15) is 9.18 Å². The van der Waals surface area contributed by atoms with Crippen LogP contribution in [0.4, 0.5) is 4.39 Å². The molecule has 1 heterocycles. The number of amides is 1. The Morgan fingerprint density at radius 1 is 1.35 bits per heavy atom. The number of halogens is 1. The number of nitrogens with one attached hydrogen (secondary N) is 1. The van der Waals surface area contributed by atoms with Crippen molar-refractivity contribution in [2.24, 2.45) is 0 Å². The molecule has 1 aromatic rings. The zero-order valence-electron chi connectivity index (χ0n) is 9.62. The predicted molar refractivity (Wildman–Crippen MR) is 61.8 cm³/mol. The van der Waals surface area contributed by atoms with E-state index in [0.29, 0.717) is 13.2 Å². The van der Waals surface area contributed by atoms with E-state index in [1.807, 2.05) is 0 Å². The summed E-state index contributed by atoms with van der Waals surface area (Å²) in [7, 11) is 0. The van der Waals surface area contributed by atoms with E-state index in [-0.39, 0.29) is 17.8 Å². The van der Waals surface area contributed by atoms with Crippen LogP contribution in [-0.2, 0) is 16.1 Å². The molecule has 1 fully saturated rings. The second-order valence-corrected chi connectivity index (χ2v) is 4.20. The van der Waals surface area contributed by atoms with Gasteiger partial charge in [0.05, 0.1) is 0 Å². The molecule has 1 saturated heterocycles. The molecule has 4 heteroatoms. The molecule has 0 spiro atoms. The summed E-state index contributed by atoms with van der Waals surface area (Å²) in [6.07, 6.45) is 2.54. The maximum atomic E-state index is 12.7. The molecule has 0 aromatic heterocycles. The van der Waals surface area contributed by atoms with Crippen molar-refractivity contribution in [2.45, 2.75) is 31.9 Å². The van der Waals surface area contributed by atoms with Crippen molar-refractivity contribution in [2.75, 3.05) is 6.61 Å². The topological polar surface area (TPSA) is 38.3 Å². The van der Waals surface area contributed by atoms with Crippen LogP contribution >= 0.6 is 0 Å². The summed E-state index contributed by atoms with van der Waals surface area (Å²) in [5, 5.41) is 2.80. The molecule has 17 heavy (non-hydrogen) atoms. The highest BCUT2D eigenvalue weighted by Gasteiger charge is 2.21. The summed E-state index contributed by atoms with van der Waals surface area (Å²) >= 11 is 0. The summed E-state index contributed by atoms with van der Waals surface area (Å²) < 4.78 is 18.0. The van der Waals surface area contributed by atoms with Crippen LogP contribution in [0.25, 0.3) is 0 Å². The van der Waals surface area contributed by atoms with Crippen molar-refractivity contribution in [3.05, 3.63) is 35.6 Å². The third kappa shape index (κ3) is 3.53. The quantitative estimate of drug-likeness (QED) is 0.873. The standard InChI is InChI=1S/C13H16FNO2/c14-11-6-4-10(5-7-11)9-15-13(16)12-3-1-2-8-17-12/h4-7,12H,1-3,8-9H2,(H,15,16). The molecule has 0 radical (unpaired) electrons. The molecule has 92 valence electrons. The number of hydrogen-bond acceptors (Lipinski definition) is 2. The minimum atomic E-state index is -0.316. The highest BCUT2D eigenvalue weighted by molar-refractivity contribution is 5.80. The van der Waals surface area contributed by atoms with E-state index in [1.165, 1.54) is 12.1 Å². The average Bonchev–Trinajstić information content (AvgIpc) is 2.39. The highest BCUT2D eigenvalue weighted by Crippen LogP contribution is 2.12. The summed E-state index contributed by atoms with van der Waals surface area (Å²) in [6, 6.07) is 6.10. The van der Waals surface area contributed by atoms with Gasteiger partial charge in [0.15, 0.2) is 0 Å². The lowest BCUT2D eigenvalue weighted by Crippen LogP contribution is -2.37. The number of benzene rings is 1. The Bertz CT molecular complexity index is 372. The molecular formula is C13H16FNO2. The Morgan fingerprint density at radius 2 is 2.12 bits per heavy atom. The van der Waals surface area contributed by atoms with Crippen LogP contribution in [0.1, 0.15) is 24.8 Å². The maximum Gasteiger partial charge on any atom is 0.249 e. The molecule has 2 rings (SSSR count). The zero-order chi connectivity index (χ0) is 12.1. The third-order valence-corrected chi connectivity index (χ3v) is 2.85. The maximum absolute atomic E-state index is 12.7. The molecule has 0 bridgehead atoms. The Labute approximate surface area is 100.0 Å². The van der Waals surface area contributed by atoms with Gasteiger partial charge in [0.2, 0.25) is 5.91 Å². The Kier molecular flexibility index (Phi) is 4.09. The van der Waals surface area contributed by atoms with Crippen molar-refractivity contribution < 1.29 is 13.9 Å². The van der Waals surface area contributed by atoms with E-state index in [1.54, 1.807) is 12.1 Å². The summed E-state index contributed by atoms with van der Waals surface area (Å²) in [4.78, 5) is 11.7. The molecular weight excluding hydrogens is 221 g/mol. The Hall–Kier alpha value is -1.42. The normalized spacial score (nSPS) is 19.9.